The van der Waals surface area contributed by atoms with E-state index < -0.39 is 5.97 Å². The van der Waals surface area contributed by atoms with Gasteiger partial charge in [-0.1, -0.05) is 30.3 Å². The highest BCUT2D eigenvalue weighted by atomic mass is 16.4. The van der Waals surface area contributed by atoms with Gasteiger partial charge in [0.25, 0.3) is 0 Å². The minimum atomic E-state index is -0.952. The molecule has 0 aliphatic heterocycles. The first kappa shape index (κ1) is 9.78. The van der Waals surface area contributed by atoms with Crippen LogP contribution >= 0.6 is 0 Å². The Hall–Kier alpha value is -2.42. The van der Waals surface area contributed by atoms with Crippen LogP contribution in [0.2, 0.25) is 0 Å². The van der Waals surface area contributed by atoms with Crippen LogP contribution in [0.3, 0.4) is 0 Å². The smallest absolute Gasteiger partial charge is 0.337 e. The second-order valence-corrected chi connectivity index (χ2v) is 3.88. The molecule has 0 saturated carbocycles. The number of fused-ring (bicyclic) bond motifs is 3. The van der Waals surface area contributed by atoms with E-state index in [0.717, 1.165) is 21.7 Å². The van der Waals surface area contributed by atoms with E-state index in [1.165, 1.54) is 6.20 Å². The zero-order chi connectivity index (χ0) is 11.8. The van der Waals surface area contributed by atoms with E-state index in [2.05, 4.69) is 4.98 Å². The maximum absolute atomic E-state index is 10.9. The molecule has 3 heteroatoms. The highest BCUT2D eigenvalue weighted by Crippen LogP contribution is 2.24. The summed E-state index contributed by atoms with van der Waals surface area (Å²) >= 11 is 0. The lowest BCUT2D eigenvalue weighted by Crippen LogP contribution is -1.97. The van der Waals surface area contributed by atoms with E-state index >= 15 is 0 Å². The molecule has 0 bridgehead atoms. The van der Waals surface area contributed by atoms with Gasteiger partial charge < -0.3 is 5.11 Å². The van der Waals surface area contributed by atoms with Crippen LogP contribution in [0.1, 0.15) is 10.4 Å². The lowest BCUT2D eigenvalue weighted by molar-refractivity contribution is 0.0696. The van der Waals surface area contributed by atoms with Crippen molar-refractivity contribution in [2.45, 2.75) is 0 Å². The standard InChI is InChI=1S/C14H9NO2/c16-14(17)10-7-12-11-4-2-1-3-9(11)5-6-13(12)15-8-10/h1-8H,(H,16,17). The van der Waals surface area contributed by atoms with Gasteiger partial charge in [-0.2, -0.15) is 0 Å². The maximum atomic E-state index is 10.9. The molecule has 0 aliphatic carbocycles. The van der Waals surface area contributed by atoms with Gasteiger partial charge >= 0.3 is 5.97 Å². The monoisotopic (exact) mass is 223 g/mol. The number of carboxylic acids is 1. The van der Waals surface area contributed by atoms with Crippen LogP contribution in [0.25, 0.3) is 21.7 Å². The lowest BCUT2D eigenvalue weighted by atomic mass is 10.0. The fourth-order valence-corrected chi connectivity index (χ4v) is 2.00. The summed E-state index contributed by atoms with van der Waals surface area (Å²) in [4.78, 5) is 15.1. The van der Waals surface area contributed by atoms with Crippen molar-refractivity contribution < 1.29 is 9.90 Å². The van der Waals surface area contributed by atoms with Crippen molar-refractivity contribution in [1.29, 1.82) is 0 Å². The Bertz CT molecular complexity index is 734. The predicted molar refractivity (Wildman–Crippen MR) is 66.2 cm³/mol. The van der Waals surface area contributed by atoms with E-state index in [1.54, 1.807) is 6.07 Å². The fraction of sp³-hybridized carbons (Fsp3) is 0. The highest BCUT2D eigenvalue weighted by molar-refractivity contribution is 6.07. The van der Waals surface area contributed by atoms with Gasteiger partial charge in [0, 0.05) is 11.6 Å². The normalized spacial score (nSPS) is 10.8. The minimum absolute atomic E-state index is 0.217. The van der Waals surface area contributed by atoms with Gasteiger partial charge in [-0.3, -0.25) is 4.98 Å². The summed E-state index contributed by atoms with van der Waals surface area (Å²) < 4.78 is 0. The average molecular weight is 223 g/mol. The number of aromatic nitrogens is 1. The van der Waals surface area contributed by atoms with Crippen LogP contribution in [-0.4, -0.2) is 16.1 Å². The molecule has 3 nitrogen and oxygen atoms in total. The first-order valence-electron chi connectivity index (χ1n) is 5.26. The molecule has 0 fully saturated rings. The minimum Gasteiger partial charge on any atom is -0.478 e. The first-order chi connectivity index (χ1) is 8.25. The summed E-state index contributed by atoms with van der Waals surface area (Å²) in [5.41, 5.74) is 1.03. The number of benzene rings is 2. The number of hydrogen-bond acceptors (Lipinski definition) is 2. The third-order valence-electron chi connectivity index (χ3n) is 2.84. The summed E-state index contributed by atoms with van der Waals surface area (Å²) in [6.45, 7) is 0. The van der Waals surface area contributed by atoms with Crippen LogP contribution in [0, 0.1) is 0 Å². The highest BCUT2D eigenvalue weighted by Gasteiger charge is 2.06. The topological polar surface area (TPSA) is 50.2 Å². The molecule has 0 saturated heterocycles. The molecule has 0 spiro atoms. The second-order valence-electron chi connectivity index (χ2n) is 3.88. The van der Waals surface area contributed by atoms with Gasteiger partial charge in [-0.15, -0.1) is 0 Å². The molecule has 0 aliphatic rings. The molecule has 3 aromatic rings. The van der Waals surface area contributed by atoms with Gasteiger partial charge in [-0.25, -0.2) is 4.79 Å². The van der Waals surface area contributed by atoms with Crippen molar-refractivity contribution in [2.24, 2.45) is 0 Å². The molecule has 82 valence electrons. The molecule has 17 heavy (non-hydrogen) atoms. The van der Waals surface area contributed by atoms with E-state index in [4.69, 9.17) is 5.11 Å². The quantitative estimate of drug-likeness (QED) is 0.645. The summed E-state index contributed by atoms with van der Waals surface area (Å²) in [6.07, 6.45) is 1.39. The molecule has 0 unspecified atom stereocenters. The summed E-state index contributed by atoms with van der Waals surface area (Å²) in [6, 6.07) is 13.5. The molecule has 1 heterocycles. The molecule has 0 radical (unpaired) electrons. The third-order valence-corrected chi connectivity index (χ3v) is 2.84. The fourth-order valence-electron chi connectivity index (χ4n) is 2.00. The second kappa shape index (κ2) is 3.56. The molecular formula is C14H9NO2. The van der Waals surface area contributed by atoms with E-state index in [1.807, 2.05) is 36.4 Å². The van der Waals surface area contributed by atoms with Crippen molar-refractivity contribution in [3.63, 3.8) is 0 Å². The maximum Gasteiger partial charge on any atom is 0.337 e. The first-order valence-corrected chi connectivity index (χ1v) is 5.26. The number of carbonyl (C=O) groups is 1. The summed E-state index contributed by atoms with van der Waals surface area (Å²) in [5.74, 6) is -0.952. The Morgan fingerprint density at radius 1 is 1.06 bits per heavy atom. The SMILES string of the molecule is O=C(O)c1cnc2ccc3ccccc3c2c1. The van der Waals surface area contributed by atoms with Crippen LogP contribution in [-0.2, 0) is 0 Å². The van der Waals surface area contributed by atoms with Gasteiger partial charge in [0.05, 0.1) is 11.1 Å². The largest absolute Gasteiger partial charge is 0.478 e. The van der Waals surface area contributed by atoms with Crippen LogP contribution in [0.5, 0.6) is 0 Å². The van der Waals surface area contributed by atoms with Gasteiger partial charge in [0.1, 0.15) is 0 Å². The summed E-state index contributed by atoms with van der Waals surface area (Å²) in [5, 5.41) is 12.0. The molecule has 3 rings (SSSR count). The zero-order valence-corrected chi connectivity index (χ0v) is 8.92. The molecule has 0 amide bonds. The number of nitrogens with zero attached hydrogens (tertiary/aromatic N) is 1. The van der Waals surface area contributed by atoms with Crippen LogP contribution in [0.15, 0.2) is 48.7 Å². The Balaban J connectivity index is 2.46. The van der Waals surface area contributed by atoms with Crippen molar-refractivity contribution in [2.75, 3.05) is 0 Å². The van der Waals surface area contributed by atoms with Crippen molar-refractivity contribution in [3.05, 3.63) is 54.2 Å². The molecule has 2 aromatic carbocycles. The number of aromatic carboxylic acids is 1. The van der Waals surface area contributed by atoms with Gasteiger partial charge in [0.2, 0.25) is 0 Å². The van der Waals surface area contributed by atoms with Gasteiger partial charge in [0.15, 0.2) is 0 Å². The number of rotatable bonds is 1. The average Bonchev–Trinajstić information content (AvgIpc) is 2.38. The summed E-state index contributed by atoms with van der Waals surface area (Å²) in [7, 11) is 0. The molecular weight excluding hydrogens is 214 g/mol. The molecule has 1 aromatic heterocycles. The number of hydrogen-bond donors (Lipinski definition) is 1. The number of carboxylic acid groups (broad SMARTS) is 1. The van der Waals surface area contributed by atoms with E-state index in [9.17, 15) is 4.79 Å². The molecule has 0 atom stereocenters. The van der Waals surface area contributed by atoms with Crippen molar-refractivity contribution in [3.8, 4) is 0 Å². The van der Waals surface area contributed by atoms with E-state index in [0.29, 0.717) is 0 Å². The Kier molecular flexibility index (Phi) is 2.05. The van der Waals surface area contributed by atoms with Crippen LogP contribution in [0.4, 0.5) is 0 Å². The van der Waals surface area contributed by atoms with E-state index in [-0.39, 0.29) is 5.56 Å². The number of pyridine rings is 1. The molecule has 1 N–H and O–H groups in total. The Morgan fingerprint density at radius 2 is 1.88 bits per heavy atom. The zero-order valence-electron chi connectivity index (χ0n) is 8.92. The predicted octanol–water partition coefficient (Wildman–Crippen LogP) is 3.09. The van der Waals surface area contributed by atoms with Crippen LogP contribution < -0.4 is 0 Å². The van der Waals surface area contributed by atoms with Gasteiger partial charge in [-0.05, 0) is 22.9 Å². The lowest BCUT2D eigenvalue weighted by Gasteiger charge is -2.03. The van der Waals surface area contributed by atoms with Crippen molar-refractivity contribution >= 4 is 27.6 Å². The Morgan fingerprint density at radius 3 is 2.71 bits per heavy atom. The third kappa shape index (κ3) is 1.52. The Labute approximate surface area is 97.3 Å². The van der Waals surface area contributed by atoms with Crippen molar-refractivity contribution in [1.82, 2.24) is 4.98 Å².